The Balaban J connectivity index is 1.77. The first kappa shape index (κ1) is 28.0. The molecule has 0 aromatic heterocycles. The SMILES string of the molecule is CCOc1ccccc1CCCNC(=O)CN(c1cccc(C(F)(F)F)c1)S(=O)(=O)c1ccc(C)cc1. The van der Waals surface area contributed by atoms with E-state index >= 15 is 0 Å². The number of nitrogens with one attached hydrogen (secondary N) is 1. The van der Waals surface area contributed by atoms with Crippen molar-refractivity contribution in [2.75, 3.05) is 24.0 Å². The molecule has 0 aliphatic carbocycles. The molecule has 0 fully saturated rings. The highest BCUT2D eigenvalue weighted by molar-refractivity contribution is 7.92. The van der Waals surface area contributed by atoms with Crippen LogP contribution in [-0.2, 0) is 27.4 Å². The second kappa shape index (κ2) is 12.1. The quantitative estimate of drug-likeness (QED) is 0.336. The van der Waals surface area contributed by atoms with Gasteiger partial charge < -0.3 is 10.1 Å². The van der Waals surface area contributed by atoms with Crippen LogP contribution >= 0.6 is 0 Å². The molecular formula is C27H29F3N2O4S. The van der Waals surface area contributed by atoms with Crippen molar-refractivity contribution >= 4 is 21.6 Å². The van der Waals surface area contributed by atoms with Gasteiger partial charge in [0.2, 0.25) is 5.91 Å². The highest BCUT2D eigenvalue weighted by Crippen LogP contribution is 2.33. The summed E-state index contributed by atoms with van der Waals surface area (Å²) >= 11 is 0. The van der Waals surface area contributed by atoms with Gasteiger partial charge in [-0.15, -0.1) is 0 Å². The molecule has 3 aromatic rings. The average Bonchev–Trinajstić information content (AvgIpc) is 2.86. The van der Waals surface area contributed by atoms with Crippen molar-refractivity contribution in [3.05, 3.63) is 89.5 Å². The number of ether oxygens (including phenoxy) is 1. The van der Waals surface area contributed by atoms with Crippen LogP contribution < -0.4 is 14.4 Å². The molecule has 198 valence electrons. The number of hydrogen-bond donors (Lipinski definition) is 1. The molecule has 0 aliphatic heterocycles. The Labute approximate surface area is 215 Å². The Morgan fingerprint density at radius 2 is 1.70 bits per heavy atom. The van der Waals surface area contributed by atoms with E-state index in [-0.39, 0.29) is 17.1 Å². The number of para-hydroxylation sites is 1. The van der Waals surface area contributed by atoms with Crippen molar-refractivity contribution in [3.63, 3.8) is 0 Å². The number of aryl methyl sites for hydroxylation is 2. The molecule has 0 unspecified atom stereocenters. The van der Waals surface area contributed by atoms with Crippen molar-refractivity contribution in [1.82, 2.24) is 5.32 Å². The minimum atomic E-state index is -4.67. The van der Waals surface area contributed by atoms with Gasteiger partial charge >= 0.3 is 6.18 Å². The van der Waals surface area contributed by atoms with Crippen LogP contribution in [0.15, 0.2) is 77.7 Å². The standard InChI is InChI=1S/C27H29F3N2O4S/c1-3-36-25-12-5-4-8-21(25)9-7-17-31-26(33)19-32(23-11-6-10-22(18-23)27(28,29)30)37(34,35)24-15-13-20(2)14-16-24/h4-6,8,10-16,18H,3,7,9,17,19H2,1-2H3,(H,31,33). The van der Waals surface area contributed by atoms with E-state index in [1.54, 1.807) is 19.1 Å². The molecule has 0 atom stereocenters. The molecule has 37 heavy (non-hydrogen) atoms. The number of hydrogen-bond acceptors (Lipinski definition) is 4. The van der Waals surface area contributed by atoms with E-state index in [2.05, 4.69) is 5.32 Å². The van der Waals surface area contributed by atoms with Gasteiger partial charge in [0.05, 0.1) is 22.8 Å². The molecule has 0 radical (unpaired) electrons. The monoisotopic (exact) mass is 534 g/mol. The molecule has 0 saturated carbocycles. The third kappa shape index (κ3) is 7.48. The Kier molecular flexibility index (Phi) is 9.20. The van der Waals surface area contributed by atoms with Crippen molar-refractivity contribution in [2.45, 2.75) is 37.8 Å². The van der Waals surface area contributed by atoms with Gasteiger partial charge in [-0.25, -0.2) is 8.42 Å². The number of nitrogens with zero attached hydrogens (tertiary/aromatic N) is 1. The molecule has 3 rings (SSSR count). The number of anilines is 1. The fourth-order valence-corrected chi connectivity index (χ4v) is 5.10. The molecule has 3 aromatic carbocycles. The fraction of sp³-hybridized carbons (Fsp3) is 0.296. The Morgan fingerprint density at radius 1 is 1.00 bits per heavy atom. The fourth-order valence-electron chi connectivity index (χ4n) is 3.69. The topological polar surface area (TPSA) is 75.7 Å². The molecule has 10 heteroatoms. The van der Waals surface area contributed by atoms with Gasteiger partial charge in [-0.3, -0.25) is 9.10 Å². The van der Waals surface area contributed by atoms with Gasteiger partial charge in [0.25, 0.3) is 10.0 Å². The molecule has 0 bridgehead atoms. The summed E-state index contributed by atoms with van der Waals surface area (Å²) in [5.41, 5.74) is 0.526. The van der Waals surface area contributed by atoms with Crippen molar-refractivity contribution in [1.29, 1.82) is 0 Å². The third-order valence-electron chi connectivity index (χ3n) is 5.58. The Hall–Kier alpha value is -3.53. The second-order valence-corrected chi connectivity index (χ2v) is 10.2. The van der Waals surface area contributed by atoms with Crippen LogP contribution in [0.2, 0.25) is 0 Å². The van der Waals surface area contributed by atoms with Crippen LogP contribution in [0.4, 0.5) is 18.9 Å². The van der Waals surface area contributed by atoms with Crippen molar-refractivity contribution in [3.8, 4) is 5.75 Å². The predicted octanol–water partition coefficient (Wildman–Crippen LogP) is 5.36. The van der Waals surface area contributed by atoms with Crippen LogP contribution in [-0.4, -0.2) is 34.0 Å². The molecule has 0 spiro atoms. The first-order chi connectivity index (χ1) is 17.5. The van der Waals surface area contributed by atoms with Crippen LogP contribution in [0.25, 0.3) is 0 Å². The predicted molar refractivity (Wildman–Crippen MR) is 136 cm³/mol. The lowest BCUT2D eigenvalue weighted by atomic mass is 10.1. The summed E-state index contributed by atoms with van der Waals surface area (Å²) in [6, 6.07) is 17.3. The van der Waals surface area contributed by atoms with Crippen LogP contribution in [0.5, 0.6) is 5.75 Å². The summed E-state index contributed by atoms with van der Waals surface area (Å²) in [5.74, 6) is 0.127. The number of carbonyl (C=O) groups is 1. The first-order valence-electron chi connectivity index (χ1n) is 11.8. The number of halogens is 3. The van der Waals surface area contributed by atoms with Gasteiger partial charge in [0.15, 0.2) is 0 Å². The van der Waals surface area contributed by atoms with E-state index in [1.807, 2.05) is 31.2 Å². The number of carbonyl (C=O) groups excluding carboxylic acids is 1. The van der Waals surface area contributed by atoms with Crippen LogP contribution in [0.3, 0.4) is 0 Å². The number of benzene rings is 3. The lowest BCUT2D eigenvalue weighted by Crippen LogP contribution is -2.41. The van der Waals surface area contributed by atoms with E-state index in [0.29, 0.717) is 23.8 Å². The summed E-state index contributed by atoms with van der Waals surface area (Å²) in [6.45, 7) is 3.76. The number of alkyl halides is 3. The zero-order chi connectivity index (χ0) is 27.1. The van der Waals surface area contributed by atoms with E-state index < -0.39 is 34.2 Å². The molecule has 1 amide bonds. The molecular weight excluding hydrogens is 505 g/mol. The maximum absolute atomic E-state index is 13.4. The first-order valence-corrected chi connectivity index (χ1v) is 13.2. The number of amides is 1. The van der Waals surface area contributed by atoms with Crippen LogP contribution in [0.1, 0.15) is 30.0 Å². The normalized spacial score (nSPS) is 11.7. The highest BCUT2D eigenvalue weighted by Gasteiger charge is 2.33. The van der Waals surface area contributed by atoms with E-state index in [4.69, 9.17) is 4.74 Å². The molecule has 0 aliphatic rings. The van der Waals surface area contributed by atoms with Gasteiger partial charge in [-0.2, -0.15) is 13.2 Å². The minimum Gasteiger partial charge on any atom is -0.494 e. The van der Waals surface area contributed by atoms with E-state index in [9.17, 15) is 26.4 Å². The Morgan fingerprint density at radius 3 is 2.38 bits per heavy atom. The average molecular weight is 535 g/mol. The zero-order valence-corrected chi connectivity index (χ0v) is 21.4. The minimum absolute atomic E-state index is 0.129. The van der Waals surface area contributed by atoms with Gasteiger partial charge in [0, 0.05) is 6.54 Å². The molecule has 1 N–H and O–H groups in total. The van der Waals surface area contributed by atoms with E-state index in [1.165, 1.54) is 18.2 Å². The summed E-state index contributed by atoms with van der Waals surface area (Å²) in [5, 5.41) is 2.67. The van der Waals surface area contributed by atoms with Crippen molar-refractivity contribution in [2.24, 2.45) is 0 Å². The lowest BCUT2D eigenvalue weighted by Gasteiger charge is -2.25. The van der Waals surface area contributed by atoms with Gasteiger partial charge in [0.1, 0.15) is 12.3 Å². The summed E-state index contributed by atoms with van der Waals surface area (Å²) in [7, 11) is -4.33. The van der Waals surface area contributed by atoms with Gasteiger partial charge in [-0.05, 0) is 68.7 Å². The number of sulfonamides is 1. The maximum Gasteiger partial charge on any atom is 0.416 e. The summed E-state index contributed by atoms with van der Waals surface area (Å²) in [4.78, 5) is 12.6. The largest absolute Gasteiger partial charge is 0.494 e. The van der Waals surface area contributed by atoms with E-state index in [0.717, 1.165) is 35.1 Å². The second-order valence-electron chi connectivity index (χ2n) is 8.37. The van der Waals surface area contributed by atoms with Gasteiger partial charge in [-0.1, -0.05) is 42.0 Å². The number of rotatable bonds is 11. The Bertz CT molecular complexity index is 1310. The van der Waals surface area contributed by atoms with Crippen LogP contribution in [0, 0.1) is 6.92 Å². The lowest BCUT2D eigenvalue weighted by molar-refractivity contribution is -0.137. The third-order valence-corrected chi connectivity index (χ3v) is 7.36. The molecule has 6 nitrogen and oxygen atoms in total. The summed E-state index contributed by atoms with van der Waals surface area (Å²) in [6.07, 6.45) is -3.49. The van der Waals surface area contributed by atoms with Crippen molar-refractivity contribution < 1.29 is 31.1 Å². The molecule has 0 heterocycles. The highest BCUT2D eigenvalue weighted by atomic mass is 32.2. The molecule has 0 saturated heterocycles. The zero-order valence-electron chi connectivity index (χ0n) is 20.6. The maximum atomic E-state index is 13.4. The smallest absolute Gasteiger partial charge is 0.416 e. The summed E-state index contributed by atoms with van der Waals surface area (Å²) < 4.78 is 73.1.